The minimum absolute atomic E-state index is 0.765. The van der Waals surface area contributed by atoms with Crippen LogP contribution in [0.3, 0.4) is 0 Å². The minimum atomic E-state index is 0.765. The molecule has 0 N–H and O–H groups in total. The summed E-state index contributed by atoms with van der Waals surface area (Å²) in [6.07, 6.45) is 2.51. The van der Waals surface area contributed by atoms with E-state index in [2.05, 4.69) is 47.9 Å². The molecular formula is C19H17NO. The van der Waals surface area contributed by atoms with Crippen molar-refractivity contribution >= 4 is 27.4 Å². The van der Waals surface area contributed by atoms with Crippen molar-refractivity contribution in [2.75, 3.05) is 6.61 Å². The Labute approximate surface area is 123 Å². The fourth-order valence-electron chi connectivity index (χ4n) is 3.65. The normalized spacial score (nSPS) is 16.6. The van der Waals surface area contributed by atoms with Gasteiger partial charge in [0.1, 0.15) is 12.4 Å². The van der Waals surface area contributed by atoms with Crippen molar-refractivity contribution in [3.63, 3.8) is 0 Å². The lowest BCUT2D eigenvalue weighted by atomic mass is 10.0. The molecule has 0 radical (unpaired) electrons. The average Bonchev–Trinajstić information content (AvgIpc) is 3.20. The van der Waals surface area contributed by atoms with Gasteiger partial charge in [0, 0.05) is 33.9 Å². The standard InChI is InChI=1S/C19H17NO/c1-2-20-17-6-4-3-5-13(17)14-10-19-15(9-18(14)20)16(11-21-19)12-7-8-12/h3-6,9-10H,2,7-8,11H2,1H3. The molecule has 0 bridgehead atoms. The minimum Gasteiger partial charge on any atom is -0.488 e. The zero-order valence-electron chi connectivity index (χ0n) is 12.1. The number of aromatic nitrogens is 1. The van der Waals surface area contributed by atoms with Crippen LogP contribution in [0.25, 0.3) is 27.4 Å². The molecule has 0 unspecified atom stereocenters. The first-order valence-electron chi connectivity index (χ1n) is 7.76. The van der Waals surface area contributed by atoms with Crippen LogP contribution >= 0.6 is 0 Å². The summed E-state index contributed by atoms with van der Waals surface area (Å²) >= 11 is 0. The van der Waals surface area contributed by atoms with Crippen LogP contribution in [0.4, 0.5) is 0 Å². The van der Waals surface area contributed by atoms with Crippen molar-refractivity contribution in [2.24, 2.45) is 0 Å². The van der Waals surface area contributed by atoms with E-state index in [9.17, 15) is 0 Å². The lowest BCUT2D eigenvalue weighted by molar-refractivity contribution is 0.389. The zero-order chi connectivity index (χ0) is 14.0. The van der Waals surface area contributed by atoms with E-state index in [-0.39, 0.29) is 0 Å². The average molecular weight is 275 g/mol. The van der Waals surface area contributed by atoms with Crippen LogP contribution in [-0.2, 0) is 6.54 Å². The summed E-state index contributed by atoms with van der Waals surface area (Å²) in [5.74, 6) is 1.07. The maximum Gasteiger partial charge on any atom is 0.128 e. The molecule has 3 aromatic rings. The summed E-state index contributed by atoms with van der Waals surface area (Å²) in [4.78, 5) is 0. The number of allylic oxidation sites excluding steroid dienone is 1. The number of para-hydroxylation sites is 1. The topological polar surface area (TPSA) is 14.2 Å². The van der Waals surface area contributed by atoms with Crippen LogP contribution in [0, 0.1) is 0 Å². The molecule has 2 heteroatoms. The van der Waals surface area contributed by atoms with Gasteiger partial charge in [0.25, 0.3) is 0 Å². The molecular weight excluding hydrogens is 258 g/mol. The van der Waals surface area contributed by atoms with Crippen molar-refractivity contribution in [2.45, 2.75) is 26.3 Å². The van der Waals surface area contributed by atoms with Gasteiger partial charge >= 0.3 is 0 Å². The molecule has 1 aliphatic carbocycles. The Balaban J connectivity index is 1.92. The van der Waals surface area contributed by atoms with E-state index >= 15 is 0 Å². The molecule has 104 valence electrons. The van der Waals surface area contributed by atoms with E-state index in [0.717, 1.165) is 18.9 Å². The summed E-state index contributed by atoms with van der Waals surface area (Å²) in [6.45, 7) is 3.98. The third-order valence-corrected chi connectivity index (χ3v) is 4.81. The third-order valence-electron chi connectivity index (χ3n) is 4.81. The van der Waals surface area contributed by atoms with Crippen LogP contribution in [0.5, 0.6) is 5.75 Å². The number of fused-ring (bicyclic) bond motifs is 4. The highest BCUT2D eigenvalue weighted by Gasteiger charge is 2.27. The van der Waals surface area contributed by atoms with Crippen LogP contribution in [0.2, 0.25) is 0 Å². The molecule has 1 aliphatic heterocycles. The van der Waals surface area contributed by atoms with E-state index in [1.807, 2.05) is 0 Å². The van der Waals surface area contributed by atoms with Gasteiger partial charge < -0.3 is 9.30 Å². The molecule has 1 aromatic heterocycles. The first kappa shape index (κ1) is 11.4. The second-order valence-electron chi connectivity index (χ2n) is 6.00. The Morgan fingerprint density at radius 1 is 1.05 bits per heavy atom. The van der Waals surface area contributed by atoms with Gasteiger partial charge in [0.2, 0.25) is 0 Å². The summed E-state index contributed by atoms with van der Waals surface area (Å²) in [6, 6.07) is 13.3. The molecule has 21 heavy (non-hydrogen) atoms. The van der Waals surface area contributed by atoms with Gasteiger partial charge in [-0.25, -0.2) is 0 Å². The number of ether oxygens (including phenoxy) is 1. The summed E-state index contributed by atoms with van der Waals surface area (Å²) in [5.41, 5.74) is 7.01. The number of benzene rings is 2. The number of hydrogen-bond acceptors (Lipinski definition) is 1. The highest BCUT2D eigenvalue weighted by atomic mass is 16.5. The van der Waals surface area contributed by atoms with Crippen molar-refractivity contribution in [3.05, 3.63) is 47.5 Å². The highest BCUT2D eigenvalue weighted by molar-refractivity contribution is 6.09. The van der Waals surface area contributed by atoms with Gasteiger partial charge in [-0.3, -0.25) is 0 Å². The molecule has 1 saturated carbocycles. The van der Waals surface area contributed by atoms with Crippen LogP contribution in [0.1, 0.15) is 25.3 Å². The van der Waals surface area contributed by atoms with Gasteiger partial charge in [-0.05, 0) is 43.5 Å². The molecule has 2 aromatic carbocycles. The lowest BCUT2D eigenvalue weighted by Gasteiger charge is -2.04. The van der Waals surface area contributed by atoms with Crippen molar-refractivity contribution in [3.8, 4) is 5.75 Å². The number of aryl methyl sites for hydroxylation is 1. The van der Waals surface area contributed by atoms with Crippen molar-refractivity contribution < 1.29 is 4.74 Å². The van der Waals surface area contributed by atoms with Crippen LogP contribution in [0.15, 0.2) is 42.0 Å². The zero-order valence-corrected chi connectivity index (χ0v) is 12.1. The van der Waals surface area contributed by atoms with E-state index in [0.29, 0.717) is 0 Å². The molecule has 0 saturated heterocycles. The van der Waals surface area contributed by atoms with Crippen molar-refractivity contribution in [1.29, 1.82) is 0 Å². The number of hydrogen-bond donors (Lipinski definition) is 0. The largest absolute Gasteiger partial charge is 0.488 e. The Morgan fingerprint density at radius 3 is 2.71 bits per heavy atom. The summed E-state index contributed by atoms with van der Waals surface area (Å²) < 4.78 is 8.36. The Bertz CT molecular complexity index is 924. The fourth-order valence-corrected chi connectivity index (χ4v) is 3.65. The van der Waals surface area contributed by atoms with E-state index in [1.165, 1.54) is 45.8 Å². The predicted octanol–water partition coefficient (Wildman–Crippen LogP) is 4.75. The molecule has 5 rings (SSSR count). The molecule has 0 amide bonds. The molecule has 0 spiro atoms. The maximum absolute atomic E-state index is 5.95. The van der Waals surface area contributed by atoms with Crippen LogP contribution < -0.4 is 4.74 Å². The number of nitrogens with zero attached hydrogens (tertiary/aromatic N) is 1. The second-order valence-corrected chi connectivity index (χ2v) is 6.00. The predicted molar refractivity (Wildman–Crippen MR) is 86.8 cm³/mol. The number of rotatable bonds is 1. The highest BCUT2D eigenvalue weighted by Crippen LogP contribution is 2.45. The van der Waals surface area contributed by atoms with Crippen molar-refractivity contribution in [1.82, 2.24) is 4.57 Å². The fraction of sp³-hybridized carbons (Fsp3) is 0.263. The lowest BCUT2D eigenvalue weighted by Crippen LogP contribution is -1.93. The van der Waals surface area contributed by atoms with Gasteiger partial charge in [-0.1, -0.05) is 23.8 Å². The van der Waals surface area contributed by atoms with Crippen LogP contribution in [-0.4, -0.2) is 11.2 Å². The summed E-state index contributed by atoms with van der Waals surface area (Å²) in [7, 11) is 0. The first-order valence-corrected chi connectivity index (χ1v) is 7.76. The van der Waals surface area contributed by atoms with Gasteiger partial charge in [0.15, 0.2) is 0 Å². The smallest absolute Gasteiger partial charge is 0.128 e. The van der Waals surface area contributed by atoms with E-state index < -0.39 is 0 Å². The first-order chi connectivity index (χ1) is 10.4. The molecule has 0 atom stereocenters. The van der Waals surface area contributed by atoms with Gasteiger partial charge in [0.05, 0.1) is 0 Å². The molecule has 2 aliphatic rings. The quantitative estimate of drug-likeness (QED) is 0.625. The Kier molecular flexibility index (Phi) is 2.13. The Morgan fingerprint density at radius 2 is 1.90 bits per heavy atom. The second kappa shape index (κ2) is 3.91. The van der Waals surface area contributed by atoms with Gasteiger partial charge in [-0.2, -0.15) is 0 Å². The summed E-state index contributed by atoms with van der Waals surface area (Å²) in [5, 5.41) is 2.64. The third kappa shape index (κ3) is 1.48. The monoisotopic (exact) mass is 275 g/mol. The Hall–Kier alpha value is -2.22. The molecule has 2 nitrogen and oxygen atoms in total. The SMILES string of the molecule is CCn1c2ccccc2c2cc3c(cc21)C(=C1CC1)CO3. The van der Waals surface area contributed by atoms with Gasteiger partial charge in [-0.15, -0.1) is 0 Å². The van der Waals surface area contributed by atoms with E-state index in [4.69, 9.17) is 4.74 Å². The molecule has 2 heterocycles. The van der Waals surface area contributed by atoms with E-state index in [1.54, 1.807) is 5.57 Å². The molecule has 1 fully saturated rings. The maximum atomic E-state index is 5.95.